The predicted molar refractivity (Wildman–Crippen MR) is 135 cm³/mol. The predicted octanol–water partition coefficient (Wildman–Crippen LogP) is 0.0528. The summed E-state index contributed by atoms with van der Waals surface area (Å²) in [6.45, 7) is 5.84. The summed E-state index contributed by atoms with van der Waals surface area (Å²) < 4.78 is 39.2. The van der Waals surface area contributed by atoms with Gasteiger partial charge in [0, 0.05) is 19.8 Å². The van der Waals surface area contributed by atoms with Crippen LogP contribution in [0.25, 0.3) is 0 Å². The van der Waals surface area contributed by atoms with Gasteiger partial charge in [0.15, 0.2) is 6.10 Å². The van der Waals surface area contributed by atoms with E-state index < -0.39 is 78.8 Å². The molecule has 5 amide bonds. The monoisotopic (exact) mass is 559 g/mol. The van der Waals surface area contributed by atoms with Crippen molar-refractivity contribution in [2.24, 2.45) is 11.7 Å². The molecule has 0 heterocycles. The van der Waals surface area contributed by atoms with Gasteiger partial charge in [-0.2, -0.15) is 13.2 Å². The summed E-state index contributed by atoms with van der Waals surface area (Å²) in [5, 5.41) is 19.1. The van der Waals surface area contributed by atoms with E-state index in [9.17, 15) is 42.3 Å². The van der Waals surface area contributed by atoms with Gasteiger partial charge in [-0.1, -0.05) is 44.2 Å². The molecule has 1 unspecified atom stereocenters. The minimum atomic E-state index is -5.09. The van der Waals surface area contributed by atoms with E-state index in [2.05, 4.69) is 16.0 Å². The number of carbonyl (C=O) groups is 5. The summed E-state index contributed by atoms with van der Waals surface area (Å²) in [5.41, 5.74) is 5.64. The number of alkyl halides is 3. The van der Waals surface area contributed by atoms with Crippen molar-refractivity contribution in [3.05, 3.63) is 35.9 Å². The normalized spacial score (nSPS) is 15.3. The van der Waals surface area contributed by atoms with Gasteiger partial charge in [-0.05, 0) is 24.8 Å². The molecule has 0 saturated heterocycles. The van der Waals surface area contributed by atoms with Crippen LogP contribution in [-0.2, 0) is 30.4 Å². The van der Waals surface area contributed by atoms with Gasteiger partial charge in [-0.15, -0.1) is 0 Å². The first-order chi connectivity index (χ1) is 18.0. The van der Waals surface area contributed by atoms with Gasteiger partial charge in [0.05, 0.1) is 6.04 Å². The molecule has 0 bridgehead atoms. The van der Waals surface area contributed by atoms with Crippen LogP contribution in [0.15, 0.2) is 30.3 Å². The summed E-state index contributed by atoms with van der Waals surface area (Å²) >= 11 is 0. The highest BCUT2D eigenvalue weighted by atomic mass is 19.4. The topological polar surface area (TPSA) is 180 Å². The summed E-state index contributed by atoms with van der Waals surface area (Å²) in [5.74, 6) is -4.23. The Kier molecular flexibility index (Phi) is 12.9. The number of primary amides is 1. The number of halogens is 3. The van der Waals surface area contributed by atoms with Gasteiger partial charge in [0.1, 0.15) is 18.1 Å². The van der Waals surface area contributed by atoms with Crippen LogP contribution in [0.2, 0.25) is 0 Å². The molecule has 39 heavy (non-hydrogen) atoms. The Morgan fingerprint density at radius 3 is 1.97 bits per heavy atom. The van der Waals surface area contributed by atoms with E-state index in [0.717, 1.165) is 0 Å². The number of hydrogen-bond acceptors (Lipinski definition) is 6. The van der Waals surface area contributed by atoms with Crippen LogP contribution in [0.5, 0.6) is 0 Å². The zero-order chi connectivity index (χ0) is 29.9. The second kappa shape index (κ2) is 15.0. The lowest BCUT2D eigenvalue weighted by molar-refractivity contribution is -0.212. The Balaban J connectivity index is 3.06. The smallest absolute Gasteiger partial charge is 0.382 e. The maximum atomic E-state index is 13.1. The molecule has 0 fully saturated rings. The van der Waals surface area contributed by atoms with Crippen molar-refractivity contribution in [2.45, 2.75) is 83.4 Å². The number of carbonyl (C=O) groups excluding carboxylic acids is 5. The van der Waals surface area contributed by atoms with E-state index in [4.69, 9.17) is 5.73 Å². The number of amides is 5. The van der Waals surface area contributed by atoms with Crippen molar-refractivity contribution in [1.82, 2.24) is 21.3 Å². The first-order valence-electron chi connectivity index (χ1n) is 12.3. The summed E-state index contributed by atoms with van der Waals surface area (Å²) in [6.07, 6.45) is -9.18. The number of aliphatic hydroxyl groups is 1. The molecule has 0 saturated carbocycles. The zero-order valence-electron chi connectivity index (χ0n) is 22.2. The van der Waals surface area contributed by atoms with Gasteiger partial charge < -0.3 is 32.1 Å². The minimum absolute atomic E-state index is 0.00562. The maximum Gasteiger partial charge on any atom is 0.416 e. The number of rotatable bonds is 14. The minimum Gasteiger partial charge on any atom is -0.382 e. The molecule has 1 rings (SSSR count). The summed E-state index contributed by atoms with van der Waals surface area (Å²) in [6, 6.07) is 3.15. The molecule has 5 atom stereocenters. The average Bonchev–Trinajstić information content (AvgIpc) is 2.83. The fourth-order valence-electron chi connectivity index (χ4n) is 3.60. The van der Waals surface area contributed by atoms with Crippen LogP contribution < -0.4 is 27.0 Å². The third kappa shape index (κ3) is 11.7. The molecule has 7 N–H and O–H groups in total. The molecule has 0 spiro atoms. The summed E-state index contributed by atoms with van der Waals surface area (Å²) in [7, 11) is 0. The average molecular weight is 560 g/mol. The first-order valence-corrected chi connectivity index (χ1v) is 12.3. The molecule has 1 aromatic carbocycles. The number of hydrogen-bond donors (Lipinski definition) is 6. The lowest BCUT2D eigenvalue weighted by atomic mass is 10.0. The lowest BCUT2D eigenvalue weighted by Crippen LogP contribution is -2.59. The van der Waals surface area contributed by atoms with Crippen molar-refractivity contribution in [1.29, 1.82) is 0 Å². The molecule has 14 heteroatoms. The fraction of sp³-hybridized carbons (Fsp3) is 0.560. The van der Waals surface area contributed by atoms with E-state index in [1.165, 1.54) is 13.8 Å². The lowest BCUT2D eigenvalue weighted by Gasteiger charge is -2.28. The SMILES string of the molecule is CC(=O)N[C@H](C(=O)N[C@@H](Cc1ccccc1)C(=O)N[C@H](C)C(=O)N[C@H](CCC(N)=O)C(O)C(F)(F)F)C(C)C. The standard InChI is InChI=1S/C25H36F3N5O6/c1-13(2)20(31-15(4)34)24(39)33-18(12-16-8-6-5-7-9-16)23(38)30-14(3)22(37)32-17(10-11-19(29)35)21(36)25(26,27)28/h5-9,13-14,17-18,20-21,36H,10-12H2,1-4H3,(H2,29,35)(H,30,38)(H,31,34)(H,32,37)(H,33,39)/t14-,17-,18+,20+,21?/m1/s1. The number of nitrogens with one attached hydrogen (secondary N) is 4. The molecule has 0 aliphatic rings. The second-order valence-electron chi connectivity index (χ2n) is 9.51. The van der Waals surface area contributed by atoms with Crippen LogP contribution in [0, 0.1) is 5.92 Å². The number of benzene rings is 1. The quantitative estimate of drug-likeness (QED) is 0.187. The maximum absolute atomic E-state index is 13.1. The third-order valence-corrected chi connectivity index (χ3v) is 5.72. The van der Waals surface area contributed by atoms with E-state index >= 15 is 0 Å². The third-order valence-electron chi connectivity index (χ3n) is 5.72. The Hall–Kier alpha value is -3.68. The molecule has 1 aromatic rings. The molecule has 0 radical (unpaired) electrons. The Bertz CT molecular complexity index is 1010. The van der Waals surface area contributed by atoms with Crippen LogP contribution in [0.3, 0.4) is 0 Å². The van der Waals surface area contributed by atoms with Crippen LogP contribution in [-0.4, -0.2) is 71.1 Å². The molecule has 0 aromatic heterocycles. The molecule has 218 valence electrons. The molecule has 11 nitrogen and oxygen atoms in total. The molecule has 0 aliphatic heterocycles. The van der Waals surface area contributed by atoms with Gasteiger partial charge >= 0.3 is 6.18 Å². The van der Waals surface area contributed by atoms with Gasteiger partial charge in [0.2, 0.25) is 29.5 Å². The number of nitrogens with two attached hydrogens (primary N) is 1. The van der Waals surface area contributed by atoms with Crippen LogP contribution in [0.1, 0.15) is 46.1 Å². The second-order valence-corrected chi connectivity index (χ2v) is 9.51. The first kappa shape index (κ1) is 33.3. The molecular formula is C25H36F3N5O6. The van der Waals surface area contributed by atoms with Gasteiger partial charge in [0.25, 0.3) is 0 Å². The van der Waals surface area contributed by atoms with Crippen molar-refractivity contribution in [3.8, 4) is 0 Å². The van der Waals surface area contributed by atoms with Crippen molar-refractivity contribution in [3.63, 3.8) is 0 Å². The van der Waals surface area contributed by atoms with Crippen molar-refractivity contribution < 1.29 is 42.3 Å². The van der Waals surface area contributed by atoms with Crippen molar-refractivity contribution in [2.75, 3.05) is 0 Å². The van der Waals surface area contributed by atoms with E-state index in [0.29, 0.717) is 5.56 Å². The van der Waals surface area contributed by atoms with Crippen LogP contribution >= 0.6 is 0 Å². The molecular weight excluding hydrogens is 523 g/mol. The van der Waals surface area contributed by atoms with E-state index in [-0.39, 0.29) is 12.3 Å². The molecule has 0 aliphatic carbocycles. The van der Waals surface area contributed by atoms with Crippen LogP contribution in [0.4, 0.5) is 13.2 Å². The Morgan fingerprint density at radius 1 is 0.897 bits per heavy atom. The van der Waals surface area contributed by atoms with Crippen molar-refractivity contribution >= 4 is 29.5 Å². The zero-order valence-corrected chi connectivity index (χ0v) is 22.2. The van der Waals surface area contributed by atoms with Gasteiger partial charge in [-0.3, -0.25) is 24.0 Å². The van der Waals surface area contributed by atoms with E-state index in [1.54, 1.807) is 44.2 Å². The fourth-order valence-corrected chi connectivity index (χ4v) is 3.60. The Morgan fingerprint density at radius 2 is 1.49 bits per heavy atom. The highest BCUT2D eigenvalue weighted by Gasteiger charge is 2.44. The highest BCUT2D eigenvalue weighted by Crippen LogP contribution is 2.24. The van der Waals surface area contributed by atoms with E-state index in [1.807, 2.05) is 5.32 Å². The number of aliphatic hydroxyl groups excluding tert-OH is 1. The largest absolute Gasteiger partial charge is 0.416 e. The van der Waals surface area contributed by atoms with Gasteiger partial charge in [-0.25, -0.2) is 0 Å². The summed E-state index contributed by atoms with van der Waals surface area (Å²) in [4.78, 5) is 61.3. The Labute approximate surface area is 224 Å². The highest BCUT2D eigenvalue weighted by molar-refractivity contribution is 5.94.